The number of rotatable bonds is 11. The van der Waals surface area contributed by atoms with Gasteiger partial charge >= 0.3 is 155 Å². The summed E-state index contributed by atoms with van der Waals surface area (Å²) in [4.78, 5) is 4.81. The van der Waals surface area contributed by atoms with Gasteiger partial charge in [0.2, 0.25) is 0 Å². The smallest absolute Gasteiger partial charge is 0.0146 e. The third kappa shape index (κ3) is 10.5. The van der Waals surface area contributed by atoms with Crippen molar-refractivity contribution in [2.45, 2.75) is 94.4 Å². The number of ether oxygens (including phenoxy) is 2. The third-order valence-corrected chi connectivity index (χ3v) is 9.78. The van der Waals surface area contributed by atoms with Crippen molar-refractivity contribution in [1.82, 2.24) is 15.0 Å². The van der Waals surface area contributed by atoms with Gasteiger partial charge in [0, 0.05) is 24.5 Å². The Morgan fingerprint density at radius 1 is 0.875 bits per heavy atom. The van der Waals surface area contributed by atoms with Crippen molar-refractivity contribution in [1.29, 1.82) is 0 Å². The fourth-order valence-electron chi connectivity index (χ4n) is 6.22. The van der Waals surface area contributed by atoms with Crippen LogP contribution in [-0.2, 0) is 26.7 Å². The number of hydrogen-bond donors (Lipinski definition) is 0. The molecule has 2 heterocycles. The third-order valence-electron chi connectivity index (χ3n) is 7.95. The number of nitrogens with zero attached hydrogens (tertiary/aromatic N) is 5. The van der Waals surface area contributed by atoms with E-state index in [9.17, 15) is 0 Å². The topological polar surface area (TPSA) is 55.7 Å². The maximum absolute atomic E-state index is 6.03. The summed E-state index contributed by atoms with van der Waals surface area (Å²) in [6.45, 7) is 24.9. The van der Waals surface area contributed by atoms with Gasteiger partial charge in [-0.3, -0.25) is 0 Å². The second-order valence-corrected chi connectivity index (χ2v) is 18.5. The van der Waals surface area contributed by atoms with E-state index in [1.165, 1.54) is 44.8 Å². The van der Waals surface area contributed by atoms with Gasteiger partial charge in [0.05, 0.1) is 0 Å². The van der Waals surface area contributed by atoms with Crippen LogP contribution in [-0.4, -0.2) is 38.8 Å². The Kier molecular flexibility index (Phi) is 13.9. The molecule has 5 rings (SSSR count). The van der Waals surface area contributed by atoms with E-state index in [-0.39, 0.29) is 6.10 Å². The molecular weight excluding hydrogens is 730 g/mol. The molecule has 4 aromatic rings. The molecule has 262 valence electrons. The minimum absolute atomic E-state index is 0.0726. The summed E-state index contributed by atoms with van der Waals surface area (Å²) in [6.07, 6.45) is 4.20. The summed E-state index contributed by atoms with van der Waals surface area (Å²) in [6, 6.07) is 14.8. The van der Waals surface area contributed by atoms with Gasteiger partial charge in [-0.05, 0) is 63.8 Å². The molecule has 0 N–H and O–H groups in total. The summed E-state index contributed by atoms with van der Waals surface area (Å²) < 4.78 is 15.3. The number of unbranched alkanes of at least 4 members (excludes halogenated alkanes) is 1. The van der Waals surface area contributed by atoms with Crippen molar-refractivity contribution < 1.29 is 23.0 Å². The van der Waals surface area contributed by atoms with Gasteiger partial charge in [0.1, 0.15) is 0 Å². The fraction of sp³-hybridized carbons (Fsp3) is 0.421. The van der Waals surface area contributed by atoms with Crippen molar-refractivity contribution in [3.05, 3.63) is 100.0 Å². The Morgan fingerprint density at radius 3 is 1.94 bits per heavy atom. The Labute approximate surface area is 300 Å². The summed E-state index contributed by atoms with van der Waals surface area (Å²) in [5.74, 6) is 1.47. The molecule has 10 heteroatoms. The second-order valence-electron chi connectivity index (χ2n) is 12.8. The molecule has 0 amide bonds. The van der Waals surface area contributed by atoms with Gasteiger partial charge in [-0.25, -0.2) is 0 Å². The van der Waals surface area contributed by atoms with Crippen LogP contribution in [0.3, 0.4) is 0 Å². The van der Waals surface area contributed by atoms with Gasteiger partial charge < -0.3 is 9.80 Å². The number of aryl methyl sites for hydroxylation is 7. The SMILES string of the molecule is CCCCn1cc(COc2ccc(OC(C)C)c([CH]=[Ru]([Cl])[Cl])c2)nn1.Cc1cc(C)c(N2[CH-]N(c3c(C)cc(C)cc3C)CC2)c(C)c1. The van der Waals surface area contributed by atoms with Crippen LogP contribution in [0.15, 0.2) is 48.7 Å². The van der Waals surface area contributed by atoms with Crippen molar-refractivity contribution in [2.24, 2.45) is 0 Å². The van der Waals surface area contributed by atoms with Crippen LogP contribution >= 0.6 is 19.4 Å². The minimum atomic E-state index is -1.96. The molecular formula is C38H50Cl2N5O2Ru-. The number of hydrogen-bond acceptors (Lipinski definition) is 6. The average Bonchev–Trinajstić information content (AvgIpc) is 3.65. The van der Waals surface area contributed by atoms with Crippen LogP contribution < -0.4 is 19.3 Å². The van der Waals surface area contributed by atoms with Crippen LogP contribution in [0.2, 0.25) is 0 Å². The van der Waals surface area contributed by atoms with Crippen LogP contribution in [0.4, 0.5) is 11.4 Å². The molecule has 0 saturated carbocycles. The standard InChI is InChI=1S/C21H27N2.C17H23N3O2.2ClH.Ru/c1-14-9-16(3)20(17(4)10-14)22-7-8-23(13-22)21-18(5)11-15(2)12-19(21)6;1-5-6-9-20-11-15(18-19-20)12-21-16-7-8-17(14(4)10-16)22-13(2)3;;;/h9-13H,7-8H2,1-6H3;4,7-8,10-11,13H,5-6,9,12H2,1-3H3;2*1H;/q-1;;;;+2/p-2. The minimum Gasteiger partial charge on any atom is -0.502 e. The van der Waals surface area contributed by atoms with Crippen molar-refractivity contribution in [3.63, 3.8) is 0 Å². The number of benzene rings is 3. The first kappa shape index (κ1) is 37.9. The first-order valence-corrected chi connectivity index (χ1v) is 22.0. The van der Waals surface area contributed by atoms with Crippen LogP contribution in [0.5, 0.6) is 11.5 Å². The molecule has 0 aliphatic carbocycles. The predicted octanol–water partition coefficient (Wildman–Crippen LogP) is 9.50. The van der Waals surface area contributed by atoms with E-state index in [4.69, 9.17) is 28.9 Å². The molecule has 7 nitrogen and oxygen atoms in total. The molecule has 1 aromatic heterocycles. The molecule has 3 aromatic carbocycles. The number of halogens is 2. The average molecular weight is 781 g/mol. The maximum atomic E-state index is 6.03. The number of anilines is 2. The van der Waals surface area contributed by atoms with E-state index >= 15 is 0 Å². The summed E-state index contributed by atoms with van der Waals surface area (Å²) in [5, 5.41) is 8.23. The van der Waals surface area contributed by atoms with Crippen molar-refractivity contribution >= 4 is 35.4 Å². The fourth-order valence-corrected chi connectivity index (χ4v) is 8.01. The predicted molar refractivity (Wildman–Crippen MR) is 199 cm³/mol. The van der Waals surface area contributed by atoms with E-state index in [0.717, 1.165) is 49.5 Å². The first-order valence-electron chi connectivity index (χ1n) is 16.5. The summed E-state index contributed by atoms with van der Waals surface area (Å²) >= 11 is -1.96. The normalized spacial score (nSPS) is 13.0. The summed E-state index contributed by atoms with van der Waals surface area (Å²) in [7, 11) is 12.1. The number of aromatic nitrogens is 3. The zero-order chi connectivity index (χ0) is 35.0. The van der Waals surface area contributed by atoms with E-state index in [1.54, 1.807) is 0 Å². The first-order chi connectivity index (χ1) is 22.8. The Bertz CT molecular complexity index is 1610. The van der Waals surface area contributed by atoms with Crippen molar-refractivity contribution in [3.8, 4) is 11.5 Å². The summed E-state index contributed by atoms with van der Waals surface area (Å²) in [5.41, 5.74) is 12.5. The van der Waals surface area contributed by atoms with Crippen molar-refractivity contribution in [2.75, 3.05) is 22.9 Å². The Morgan fingerprint density at radius 2 is 1.44 bits per heavy atom. The zero-order valence-electron chi connectivity index (χ0n) is 29.8. The quantitative estimate of drug-likeness (QED) is 0.112. The molecule has 1 aliphatic rings. The Hall–Kier alpha value is -2.93. The largest absolute Gasteiger partial charge is 0.502 e. The van der Waals surface area contributed by atoms with E-state index in [2.05, 4.69) is 99.5 Å². The van der Waals surface area contributed by atoms with E-state index in [0.29, 0.717) is 12.4 Å². The Balaban J connectivity index is 0.000000217. The molecule has 1 saturated heterocycles. The molecule has 48 heavy (non-hydrogen) atoms. The molecule has 0 radical (unpaired) electrons. The molecule has 0 spiro atoms. The van der Waals surface area contributed by atoms with Crippen LogP contribution in [0.1, 0.15) is 78.3 Å². The second kappa shape index (κ2) is 17.6. The van der Waals surface area contributed by atoms with Crippen LogP contribution in [0, 0.1) is 48.2 Å². The zero-order valence-corrected chi connectivity index (χ0v) is 33.0. The van der Waals surface area contributed by atoms with E-state index in [1.807, 2.05) is 47.5 Å². The van der Waals surface area contributed by atoms with Gasteiger partial charge in [-0.2, -0.15) is 6.67 Å². The molecule has 0 bridgehead atoms. The maximum Gasteiger partial charge on any atom is 0.0146 e. The van der Waals surface area contributed by atoms with Gasteiger partial charge in [0.15, 0.2) is 0 Å². The van der Waals surface area contributed by atoms with Crippen LogP contribution in [0.25, 0.3) is 0 Å². The molecule has 1 fully saturated rings. The van der Waals surface area contributed by atoms with Gasteiger partial charge in [-0.1, -0.05) is 42.3 Å². The van der Waals surface area contributed by atoms with Gasteiger partial charge in [-0.15, -0.1) is 0 Å². The molecule has 0 unspecified atom stereocenters. The van der Waals surface area contributed by atoms with E-state index < -0.39 is 13.5 Å². The van der Waals surface area contributed by atoms with Gasteiger partial charge in [0.25, 0.3) is 0 Å². The monoisotopic (exact) mass is 780 g/mol. The molecule has 0 atom stereocenters. The molecule has 1 aliphatic heterocycles.